The molecule has 2 amide bonds. The molecule has 1 fully saturated rings. The van der Waals surface area contributed by atoms with E-state index in [2.05, 4.69) is 5.32 Å². The van der Waals surface area contributed by atoms with E-state index >= 15 is 0 Å². The van der Waals surface area contributed by atoms with Gasteiger partial charge in [-0.25, -0.2) is 0 Å². The molecule has 0 unspecified atom stereocenters. The number of carbonyl (C=O) groups is 2. The maximum absolute atomic E-state index is 13.4. The molecule has 0 bridgehead atoms. The number of carbonyl (C=O) groups excluding carboxylic acids is 2. The van der Waals surface area contributed by atoms with Crippen molar-refractivity contribution in [3.63, 3.8) is 0 Å². The van der Waals surface area contributed by atoms with Crippen LogP contribution in [0.5, 0.6) is 5.75 Å². The highest BCUT2D eigenvalue weighted by molar-refractivity contribution is 6.10. The van der Waals surface area contributed by atoms with E-state index in [0.29, 0.717) is 28.1 Å². The highest BCUT2D eigenvalue weighted by Gasteiger charge is 2.25. The molecule has 1 N–H and O–H groups in total. The molecule has 1 aliphatic heterocycles. The summed E-state index contributed by atoms with van der Waals surface area (Å²) in [6.45, 7) is 1.66. The van der Waals surface area contributed by atoms with Crippen LogP contribution in [0.25, 0.3) is 11.0 Å². The second-order valence-electron chi connectivity index (χ2n) is 8.36. The Balaban J connectivity index is 1.43. The van der Waals surface area contributed by atoms with E-state index < -0.39 is 5.91 Å². The van der Waals surface area contributed by atoms with Crippen LogP contribution in [0.15, 0.2) is 83.3 Å². The molecular formula is C28H26N2O4. The Kier molecular flexibility index (Phi) is 6.29. The van der Waals surface area contributed by atoms with Crippen molar-refractivity contribution in [2.45, 2.75) is 25.9 Å². The van der Waals surface area contributed by atoms with E-state index in [1.54, 1.807) is 18.2 Å². The lowest BCUT2D eigenvalue weighted by atomic mass is 10.1. The van der Waals surface area contributed by atoms with Gasteiger partial charge in [-0.1, -0.05) is 48.5 Å². The topological polar surface area (TPSA) is 71.8 Å². The highest BCUT2D eigenvalue weighted by atomic mass is 16.5. The number of likely N-dealkylation sites (tertiary alicyclic amines) is 1. The maximum Gasteiger partial charge on any atom is 0.291 e. The predicted molar refractivity (Wildman–Crippen MR) is 131 cm³/mol. The number of nitrogens with zero attached hydrogens (tertiary/aromatic N) is 1. The van der Waals surface area contributed by atoms with Gasteiger partial charge in [0.2, 0.25) is 0 Å². The molecule has 34 heavy (non-hydrogen) atoms. The molecule has 2 heterocycles. The Bertz CT molecular complexity index is 1310. The van der Waals surface area contributed by atoms with Crippen LogP contribution in [-0.4, -0.2) is 29.8 Å². The Morgan fingerprint density at radius 3 is 2.38 bits per heavy atom. The number of hydrogen-bond acceptors (Lipinski definition) is 4. The van der Waals surface area contributed by atoms with Crippen LogP contribution in [-0.2, 0) is 6.61 Å². The molecule has 6 heteroatoms. The van der Waals surface area contributed by atoms with Gasteiger partial charge < -0.3 is 19.4 Å². The zero-order chi connectivity index (χ0) is 23.3. The van der Waals surface area contributed by atoms with E-state index in [1.165, 1.54) is 0 Å². The number of para-hydroxylation sites is 3. The third-order valence-electron chi connectivity index (χ3n) is 6.08. The lowest BCUT2D eigenvalue weighted by Crippen LogP contribution is -2.36. The second-order valence-corrected chi connectivity index (χ2v) is 8.36. The molecule has 5 rings (SSSR count). The summed E-state index contributed by atoms with van der Waals surface area (Å²) in [6.07, 6.45) is 3.15. The zero-order valence-electron chi connectivity index (χ0n) is 18.8. The number of anilines is 1. The van der Waals surface area contributed by atoms with Crippen LogP contribution in [0.4, 0.5) is 5.69 Å². The minimum absolute atomic E-state index is 0.0622. The lowest BCUT2D eigenvalue weighted by molar-refractivity contribution is 0.0725. The van der Waals surface area contributed by atoms with Crippen LogP contribution < -0.4 is 10.1 Å². The first-order chi connectivity index (χ1) is 16.7. The largest absolute Gasteiger partial charge is 0.489 e. The molecule has 0 spiro atoms. The molecule has 1 aromatic heterocycles. The number of furan rings is 1. The Hall–Kier alpha value is -4.06. The van der Waals surface area contributed by atoms with Crippen molar-refractivity contribution < 1.29 is 18.7 Å². The fourth-order valence-electron chi connectivity index (χ4n) is 4.32. The summed E-state index contributed by atoms with van der Waals surface area (Å²) in [5.74, 6) is 0.406. The summed E-state index contributed by atoms with van der Waals surface area (Å²) in [5.41, 5.74) is 2.23. The van der Waals surface area contributed by atoms with Crippen LogP contribution in [0.3, 0.4) is 0 Å². The average molecular weight is 455 g/mol. The summed E-state index contributed by atoms with van der Waals surface area (Å²) in [4.78, 5) is 28.4. The van der Waals surface area contributed by atoms with Gasteiger partial charge in [-0.2, -0.15) is 0 Å². The highest BCUT2D eigenvalue weighted by Crippen LogP contribution is 2.29. The maximum atomic E-state index is 13.4. The molecular weight excluding hydrogens is 428 g/mol. The summed E-state index contributed by atoms with van der Waals surface area (Å²) in [7, 11) is 0. The van der Waals surface area contributed by atoms with Crippen molar-refractivity contribution >= 4 is 28.5 Å². The van der Waals surface area contributed by atoms with E-state index in [0.717, 1.165) is 37.7 Å². The van der Waals surface area contributed by atoms with Gasteiger partial charge in [0.15, 0.2) is 5.76 Å². The lowest BCUT2D eigenvalue weighted by Gasteiger charge is -2.27. The number of rotatable bonds is 6. The summed E-state index contributed by atoms with van der Waals surface area (Å²) in [5, 5.41) is 3.73. The van der Waals surface area contributed by atoms with Gasteiger partial charge in [0.1, 0.15) is 17.9 Å². The minimum atomic E-state index is -0.415. The third kappa shape index (κ3) is 4.53. The van der Waals surface area contributed by atoms with E-state index in [9.17, 15) is 9.59 Å². The molecule has 1 saturated heterocycles. The van der Waals surface area contributed by atoms with Crippen LogP contribution in [0, 0.1) is 0 Å². The molecule has 6 nitrogen and oxygen atoms in total. The number of piperidine rings is 1. The number of amides is 2. The molecule has 4 aromatic rings. The standard InChI is InChI=1S/C28H26N2O4/c31-27(29-24-15-7-5-14-22(24)28(32)30-17-9-2-10-18-30)26-23(19-33-20-11-3-1-4-12-20)21-13-6-8-16-25(21)34-26/h1,3-8,11-16H,2,9-10,17-19H2,(H,29,31). The van der Waals surface area contributed by atoms with Crippen LogP contribution in [0.2, 0.25) is 0 Å². The van der Waals surface area contributed by atoms with Crippen molar-refractivity contribution in [1.82, 2.24) is 4.90 Å². The summed E-state index contributed by atoms with van der Waals surface area (Å²) in [6, 6.07) is 24.1. The van der Waals surface area contributed by atoms with Gasteiger partial charge in [-0.05, 0) is 49.6 Å². The average Bonchev–Trinajstić information content (AvgIpc) is 3.27. The molecule has 172 valence electrons. The number of hydrogen-bond donors (Lipinski definition) is 1. The van der Waals surface area contributed by atoms with Gasteiger partial charge in [0.05, 0.1) is 11.3 Å². The van der Waals surface area contributed by atoms with Crippen LogP contribution in [0.1, 0.15) is 45.7 Å². The Labute approximate surface area is 198 Å². The van der Waals surface area contributed by atoms with Gasteiger partial charge in [0.25, 0.3) is 11.8 Å². The second kappa shape index (κ2) is 9.83. The molecule has 0 saturated carbocycles. The number of nitrogens with one attached hydrogen (secondary N) is 1. The molecule has 1 aliphatic rings. The van der Waals surface area contributed by atoms with Crippen molar-refractivity contribution in [3.8, 4) is 5.75 Å². The van der Waals surface area contributed by atoms with E-state index in [-0.39, 0.29) is 18.3 Å². The third-order valence-corrected chi connectivity index (χ3v) is 6.08. The molecule has 0 aliphatic carbocycles. The first-order valence-corrected chi connectivity index (χ1v) is 11.6. The summed E-state index contributed by atoms with van der Waals surface area (Å²) >= 11 is 0. The molecule has 0 atom stereocenters. The number of ether oxygens (including phenoxy) is 1. The van der Waals surface area contributed by atoms with Crippen molar-refractivity contribution in [2.24, 2.45) is 0 Å². The SMILES string of the molecule is O=C(Nc1ccccc1C(=O)N1CCCCC1)c1oc2ccccc2c1COc1ccccc1. The van der Waals surface area contributed by atoms with Crippen molar-refractivity contribution in [3.05, 3.63) is 95.7 Å². The predicted octanol–water partition coefficient (Wildman–Crippen LogP) is 5.89. The first kappa shape index (κ1) is 21.8. The summed E-state index contributed by atoms with van der Waals surface area (Å²) < 4.78 is 11.9. The zero-order valence-corrected chi connectivity index (χ0v) is 18.8. The van der Waals surface area contributed by atoms with E-state index in [1.807, 2.05) is 65.6 Å². The smallest absolute Gasteiger partial charge is 0.291 e. The van der Waals surface area contributed by atoms with Crippen LogP contribution >= 0.6 is 0 Å². The van der Waals surface area contributed by atoms with Gasteiger partial charge in [0, 0.05) is 24.0 Å². The van der Waals surface area contributed by atoms with Crippen molar-refractivity contribution in [1.29, 1.82) is 0 Å². The minimum Gasteiger partial charge on any atom is -0.489 e. The monoisotopic (exact) mass is 454 g/mol. The molecule has 3 aromatic carbocycles. The normalized spacial score (nSPS) is 13.6. The van der Waals surface area contributed by atoms with Gasteiger partial charge >= 0.3 is 0 Å². The first-order valence-electron chi connectivity index (χ1n) is 11.6. The molecule has 0 radical (unpaired) electrons. The number of benzene rings is 3. The van der Waals surface area contributed by atoms with Crippen molar-refractivity contribution in [2.75, 3.05) is 18.4 Å². The van der Waals surface area contributed by atoms with Gasteiger partial charge in [-0.3, -0.25) is 9.59 Å². The fraction of sp³-hybridized carbons (Fsp3) is 0.214. The Morgan fingerprint density at radius 1 is 0.853 bits per heavy atom. The Morgan fingerprint density at radius 2 is 1.56 bits per heavy atom. The number of fused-ring (bicyclic) bond motifs is 1. The van der Waals surface area contributed by atoms with Gasteiger partial charge in [-0.15, -0.1) is 0 Å². The van der Waals surface area contributed by atoms with E-state index in [4.69, 9.17) is 9.15 Å². The fourth-order valence-corrected chi connectivity index (χ4v) is 4.32. The quantitative estimate of drug-likeness (QED) is 0.394.